The van der Waals surface area contributed by atoms with Crippen LogP contribution >= 0.6 is 0 Å². The van der Waals surface area contributed by atoms with E-state index in [9.17, 15) is 18.4 Å². The molecular formula is C19H22F3N2O. The molecule has 2 fully saturated rings. The van der Waals surface area contributed by atoms with Gasteiger partial charge in [0.2, 0.25) is 0 Å². The maximum Gasteiger partial charge on any atom is 0.573 e. The summed E-state index contributed by atoms with van der Waals surface area (Å²) in [4.78, 5) is 0. The first-order valence-electron chi connectivity index (χ1n) is 8.79. The van der Waals surface area contributed by atoms with Crippen molar-refractivity contribution in [3.05, 3.63) is 29.8 Å². The standard InChI is InChI=1S/C19H22F3N2O/c1-12(13-2-3-13)24-16-6-9-18(15(10-16)11-23)14-4-7-17(8-5-14)25-19(20,21)22/h4-5,7,12-13,15-16,18,24H,2-3,6,9-10H2,1H3. The van der Waals surface area contributed by atoms with Crippen molar-refractivity contribution in [1.82, 2.24) is 5.32 Å². The molecule has 0 spiro atoms. The minimum absolute atomic E-state index is 0.0375. The van der Waals surface area contributed by atoms with Crippen molar-refractivity contribution in [1.29, 1.82) is 5.26 Å². The van der Waals surface area contributed by atoms with Crippen molar-refractivity contribution in [3.8, 4) is 11.8 Å². The Morgan fingerprint density at radius 3 is 2.60 bits per heavy atom. The number of halogens is 3. The highest BCUT2D eigenvalue weighted by Crippen LogP contribution is 2.39. The van der Waals surface area contributed by atoms with Crippen LogP contribution in [0.4, 0.5) is 13.2 Å². The predicted molar refractivity (Wildman–Crippen MR) is 86.8 cm³/mol. The van der Waals surface area contributed by atoms with Crippen LogP contribution in [0, 0.1) is 29.2 Å². The summed E-state index contributed by atoms with van der Waals surface area (Å²) in [5.74, 6) is 0.323. The molecule has 0 amide bonds. The number of hydrogen-bond acceptors (Lipinski definition) is 3. The highest BCUT2D eigenvalue weighted by molar-refractivity contribution is 5.30. The van der Waals surface area contributed by atoms with Gasteiger partial charge in [0.25, 0.3) is 0 Å². The number of nitrogens with one attached hydrogen (secondary N) is 1. The first-order chi connectivity index (χ1) is 11.9. The molecule has 0 heterocycles. The average molecular weight is 351 g/mol. The summed E-state index contributed by atoms with van der Waals surface area (Å²) in [5.41, 5.74) is 0.856. The number of nitrogens with zero attached hydrogens (tertiary/aromatic N) is 1. The number of alkyl halides is 3. The number of nitriles is 1. The van der Waals surface area contributed by atoms with Gasteiger partial charge in [0.1, 0.15) is 5.75 Å². The molecule has 2 saturated carbocycles. The van der Waals surface area contributed by atoms with E-state index in [1.54, 1.807) is 6.07 Å². The molecule has 2 aliphatic rings. The predicted octanol–water partition coefficient (Wildman–Crippen LogP) is 4.55. The number of rotatable bonds is 5. The third kappa shape index (κ3) is 4.88. The molecule has 2 aliphatic carbocycles. The van der Waals surface area contributed by atoms with Crippen LogP contribution < -0.4 is 10.1 Å². The van der Waals surface area contributed by atoms with Crippen LogP contribution in [-0.4, -0.2) is 18.4 Å². The molecule has 3 nitrogen and oxygen atoms in total. The zero-order chi connectivity index (χ0) is 18.0. The Labute approximate surface area is 146 Å². The zero-order valence-corrected chi connectivity index (χ0v) is 14.1. The van der Waals surface area contributed by atoms with Crippen LogP contribution in [0.25, 0.3) is 0 Å². The lowest BCUT2D eigenvalue weighted by molar-refractivity contribution is -0.274. The van der Waals surface area contributed by atoms with Gasteiger partial charge in [0.05, 0.1) is 12.0 Å². The lowest BCUT2D eigenvalue weighted by atomic mass is 9.74. The molecule has 0 saturated heterocycles. The Morgan fingerprint density at radius 2 is 2.04 bits per heavy atom. The van der Waals surface area contributed by atoms with Crippen LogP contribution in [0.15, 0.2) is 18.2 Å². The molecule has 1 aromatic carbocycles. The highest BCUT2D eigenvalue weighted by atomic mass is 19.4. The van der Waals surface area contributed by atoms with Crippen molar-refractivity contribution < 1.29 is 17.9 Å². The van der Waals surface area contributed by atoms with Gasteiger partial charge in [-0.3, -0.25) is 0 Å². The fraction of sp³-hybridized carbons (Fsp3) is 0.632. The second kappa shape index (κ2) is 7.25. The van der Waals surface area contributed by atoms with Crippen LogP contribution in [0.1, 0.15) is 50.5 Å². The van der Waals surface area contributed by atoms with E-state index in [4.69, 9.17) is 0 Å². The van der Waals surface area contributed by atoms with Crippen LogP contribution in [0.2, 0.25) is 0 Å². The van der Waals surface area contributed by atoms with Crippen molar-refractivity contribution in [3.63, 3.8) is 0 Å². The smallest absolute Gasteiger partial charge is 0.405 e. The second-order valence-corrected chi connectivity index (χ2v) is 7.18. The normalized spacial score (nSPS) is 28.2. The molecule has 1 N–H and O–H groups in total. The Hall–Kier alpha value is -1.74. The summed E-state index contributed by atoms with van der Waals surface area (Å²) in [7, 11) is 0. The molecule has 4 unspecified atom stereocenters. The Kier molecular flexibility index (Phi) is 5.24. The zero-order valence-electron chi connectivity index (χ0n) is 14.1. The molecule has 4 atom stereocenters. The van der Waals surface area contributed by atoms with Crippen molar-refractivity contribution in [2.75, 3.05) is 0 Å². The van der Waals surface area contributed by atoms with Gasteiger partial charge < -0.3 is 10.1 Å². The first-order valence-corrected chi connectivity index (χ1v) is 8.79. The monoisotopic (exact) mass is 351 g/mol. The second-order valence-electron chi connectivity index (χ2n) is 7.18. The van der Waals surface area contributed by atoms with Gasteiger partial charge in [-0.05, 0) is 68.6 Å². The van der Waals surface area contributed by atoms with Gasteiger partial charge in [-0.2, -0.15) is 5.26 Å². The number of hydrogen-bond donors (Lipinski definition) is 1. The topological polar surface area (TPSA) is 45.0 Å². The lowest BCUT2D eigenvalue weighted by Crippen LogP contribution is -2.42. The minimum Gasteiger partial charge on any atom is -0.405 e. The first kappa shape index (κ1) is 18.1. The van der Waals surface area contributed by atoms with Crippen LogP contribution in [0.3, 0.4) is 0 Å². The Morgan fingerprint density at radius 1 is 1.28 bits per heavy atom. The Bertz CT molecular complexity index is 619. The number of benzene rings is 1. The molecule has 1 radical (unpaired) electrons. The molecule has 135 valence electrons. The molecule has 25 heavy (non-hydrogen) atoms. The largest absolute Gasteiger partial charge is 0.573 e. The van der Waals surface area contributed by atoms with Gasteiger partial charge in [0.15, 0.2) is 0 Å². The van der Waals surface area contributed by atoms with E-state index in [0.29, 0.717) is 12.1 Å². The molecule has 1 aromatic rings. The SMILES string of the molecule is CC(NC1CCC(c2c[c]c(OC(F)(F)F)cc2)C(C#N)C1)C1CC1. The summed E-state index contributed by atoms with van der Waals surface area (Å²) in [6.45, 7) is 2.21. The van der Waals surface area contributed by atoms with Gasteiger partial charge in [-0.15, -0.1) is 13.2 Å². The van der Waals surface area contributed by atoms with E-state index in [0.717, 1.165) is 30.7 Å². The fourth-order valence-electron chi connectivity index (χ4n) is 3.81. The third-order valence-corrected chi connectivity index (χ3v) is 5.31. The lowest BCUT2D eigenvalue weighted by Gasteiger charge is -2.35. The van der Waals surface area contributed by atoms with E-state index >= 15 is 0 Å². The average Bonchev–Trinajstić information content (AvgIpc) is 3.39. The number of ether oxygens (including phenoxy) is 1. The van der Waals surface area contributed by atoms with Crippen molar-refractivity contribution in [2.24, 2.45) is 11.8 Å². The fourth-order valence-corrected chi connectivity index (χ4v) is 3.81. The molecule has 0 aliphatic heterocycles. The summed E-state index contributed by atoms with van der Waals surface area (Å²) in [6, 6.07) is 10.2. The van der Waals surface area contributed by atoms with E-state index in [1.807, 2.05) is 0 Å². The highest BCUT2D eigenvalue weighted by Gasteiger charge is 2.35. The van der Waals surface area contributed by atoms with E-state index in [-0.39, 0.29) is 17.6 Å². The molecule has 0 aromatic heterocycles. The summed E-state index contributed by atoms with van der Waals surface area (Å²) >= 11 is 0. The summed E-state index contributed by atoms with van der Waals surface area (Å²) in [5, 5.41) is 13.2. The van der Waals surface area contributed by atoms with Gasteiger partial charge in [0, 0.05) is 18.2 Å². The minimum atomic E-state index is -4.71. The molecular weight excluding hydrogens is 329 g/mol. The molecule has 3 rings (SSSR count). The van der Waals surface area contributed by atoms with Crippen molar-refractivity contribution in [2.45, 2.75) is 63.4 Å². The van der Waals surface area contributed by atoms with Crippen molar-refractivity contribution >= 4 is 0 Å². The maximum atomic E-state index is 12.2. The summed E-state index contributed by atoms with van der Waals surface area (Å²) < 4.78 is 40.5. The van der Waals surface area contributed by atoms with Crippen LogP contribution in [-0.2, 0) is 0 Å². The van der Waals surface area contributed by atoms with Gasteiger partial charge >= 0.3 is 6.36 Å². The van der Waals surface area contributed by atoms with Gasteiger partial charge in [-0.1, -0.05) is 6.07 Å². The summed E-state index contributed by atoms with van der Waals surface area (Å²) in [6.07, 6.45) is 0.455. The van der Waals surface area contributed by atoms with E-state index in [2.05, 4.69) is 29.1 Å². The maximum absolute atomic E-state index is 12.2. The van der Waals surface area contributed by atoms with Gasteiger partial charge in [-0.25, -0.2) is 0 Å². The molecule has 0 bridgehead atoms. The van der Waals surface area contributed by atoms with E-state index < -0.39 is 6.36 Å². The molecule has 6 heteroatoms. The quantitative estimate of drug-likeness (QED) is 0.846. The van der Waals surface area contributed by atoms with E-state index in [1.165, 1.54) is 25.0 Å². The third-order valence-electron chi connectivity index (χ3n) is 5.31. The Balaban J connectivity index is 1.61. The van der Waals surface area contributed by atoms with Crippen LogP contribution in [0.5, 0.6) is 5.75 Å².